The largest absolute Gasteiger partial charge is 0.453 e. The van der Waals surface area contributed by atoms with Gasteiger partial charge in [0.2, 0.25) is 0 Å². The number of aromatic amines is 2. The minimum Gasteiger partial charge on any atom is -0.390 e. The number of aromatic nitrogens is 6. The van der Waals surface area contributed by atoms with Crippen LogP contribution in [0, 0.1) is 20.2 Å². The molecule has 2 rings (SSSR count). The molecular weight excluding hydrogens is 248 g/mol. The summed E-state index contributed by atoms with van der Waals surface area (Å²) in [6.07, 6.45) is 2.55. The Morgan fingerprint density at radius 3 is 1.56 bits per heavy atom. The highest BCUT2D eigenvalue weighted by Gasteiger charge is 2.13. The Balaban J connectivity index is 2.13. The third kappa shape index (κ3) is 2.31. The fraction of sp³-hybridized carbons (Fsp3) is 0. The Bertz CT molecular complexity index is 573. The lowest BCUT2D eigenvalue weighted by atomic mass is 10.4. The van der Waals surface area contributed by atoms with Crippen LogP contribution in [-0.2, 0) is 0 Å². The fourth-order valence-electron chi connectivity index (χ4n) is 0.993. The molecule has 92 valence electrons. The molecular formula is C6H4N8O4. The molecule has 0 aliphatic rings. The molecule has 2 N–H and O–H groups in total. The second kappa shape index (κ2) is 4.36. The molecule has 0 saturated carbocycles. The van der Waals surface area contributed by atoms with Gasteiger partial charge in [0.15, 0.2) is 0 Å². The van der Waals surface area contributed by atoms with Crippen LogP contribution in [-0.4, -0.2) is 40.2 Å². The van der Waals surface area contributed by atoms with Gasteiger partial charge in [0, 0.05) is 12.2 Å². The maximum Gasteiger partial charge on any atom is 0.453 e. The van der Waals surface area contributed by atoms with Crippen LogP contribution >= 0.6 is 0 Å². The van der Waals surface area contributed by atoms with Crippen LogP contribution in [0.1, 0.15) is 11.6 Å². The Morgan fingerprint density at radius 2 is 1.28 bits per heavy atom. The van der Waals surface area contributed by atoms with Crippen molar-refractivity contribution in [2.75, 3.05) is 0 Å². The summed E-state index contributed by atoms with van der Waals surface area (Å²) in [6, 6.07) is 0. The Labute approximate surface area is 97.1 Å². The van der Waals surface area contributed by atoms with E-state index in [4.69, 9.17) is 0 Å². The van der Waals surface area contributed by atoms with Gasteiger partial charge in [0.05, 0.1) is 0 Å². The number of nitrogens with zero attached hydrogens (tertiary/aromatic N) is 6. The zero-order valence-corrected chi connectivity index (χ0v) is 8.47. The average Bonchev–Trinajstić information content (AvgIpc) is 2.95. The first-order chi connectivity index (χ1) is 8.56. The minimum atomic E-state index is -0.734. The quantitative estimate of drug-likeness (QED) is 0.561. The van der Waals surface area contributed by atoms with Crippen molar-refractivity contribution in [2.45, 2.75) is 0 Å². The van der Waals surface area contributed by atoms with Gasteiger partial charge in [0.1, 0.15) is 0 Å². The van der Waals surface area contributed by atoms with Gasteiger partial charge in [-0.3, -0.25) is 0 Å². The highest BCUT2D eigenvalue weighted by Crippen LogP contribution is 2.06. The van der Waals surface area contributed by atoms with E-state index in [0.29, 0.717) is 0 Å². The third-order valence-electron chi connectivity index (χ3n) is 1.71. The van der Waals surface area contributed by atoms with Gasteiger partial charge in [-0.05, 0) is 19.8 Å². The second-order valence-electron chi connectivity index (χ2n) is 2.88. The summed E-state index contributed by atoms with van der Waals surface area (Å²) in [7, 11) is 0. The monoisotopic (exact) mass is 252 g/mol. The van der Waals surface area contributed by atoms with E-state index in [9.17, 15) is 20.2 Å². The van der Waals surface area contributed by atoms with Gasteiger partial charge >= 0.3 is 11.9 Å². The molecule has 0 aliphatic heterocycles. The smallest absolute Gasteiger partial charge is 0.390 e. The maximum absolute atomic E-state index is 10.3. The zero-order chi connectivity index (χ0) is 13.1. The lowest BCUT2D eigenvalue weighted by molar-refractivity contribution is -0.394. The van der Waals surface area contributed by atoms with E-state index in [1.54, 1.807) is 0 Å². The predicted molar refractivity (Wildman–Crippen MR) is 55.0 cm³/mol. The van der Waals surface area contributed by atoms with E-state index in [-0.39, 0.29) is 11.6 Å². The number of H-pyrrole nitrogens is 2. The van der Waals surface area contributed by atoms with Crippen LogP contribution in [0.2, 0.25) is 0 Å². The van der Waals surface area contributed by atoms with E-state index < -0.39 is 21.7 Å². The average molecular weight is 252 g/mol. The first-order valence-electron chi connectivity index (χ1n) is 4.38. The number of hydrogen-bond donors (Lipinski definition) is 2. The van der Waals surface area contributed by atoms with Crippen LogP contribution in [0.25, 0.3) is 12.2 Å². The number of nitrogens with one attached hydrogen (secondary N) is 2. The fourth-order valence-corrected chi connectivity index (χ4v) is 0.993. The van der Waals surface area contributed by atoms with Crippen LogP contribution in [0.5, 0.6) is 0 Å². The first-order valence-corrected chi connectivity index (χ1v) is 4.38. The van der Waals surface area contributed by atoms with Crippen molar-refractivity contribution in [2.24, 2.45) is 0 Å². The van der Waals surface area contributed by atoms with Crippen molar-refractivity contribution in [1.82, 2.24) is 30.4 Å². The van der Waals surface area contributed by atoms with E-state index in [1.807, 2.05) is 0 Å². The topological polar surface area (TPSA) is 169 Å². The van der Waals surface area contributed by atoms with E-state index >= 15 is 0 Å². The Morgan fingerprint density at radius 1 is 0.889 bits per heavy atom. The van der Waals surface area contributed by atoms with Crippen LogP contribution in [0.4, 0.5) is 11.9 Å². The van der Waals surface area contributed by atoms with Gasteiger partial charge in [-0.1, -0.05) is 10.2 Å². The second-order valence-corrected chi connectivity index (χ2v) is 2.88. The van der Waals surface area contributed by atoms with Crippen molar-refractivity contribution in [3.05, 3.63) is 31.9 Å². The molecule has 2 aromatic rings. The molecule has 0 aliphatic carbocycles. The SMILES string of the molecule is O=[N+]([O-])c1nc(/C=C\c2n[nH]c([N+](=O)[O-])n2)n[nH]1. The Hall–Kier alpha value is -3.18. The highest BCUT2D eigenvalue weighted by molar-refractivity contribution is 5.62. The predicted octanol–water partition coefficient (Wildman–Crippen LogP) is -0.0904. The van der Waals surface area contributed by atoms with Gasteiger partial charge < -0.3 is 20.2 Å². The number of rotatable bonds is 4. The molecule has 12 heteroatoms. The normalized spacial score (nSPS) is 10.9. The molecule has 2 aromatic heterocycles. The molecule has 0 fully saturated rings. The molecule has 0 saturated heterocycles. The summed E-state index contributed by atoms with van der Waals surface area (Å²) in [4.78, 5) is 26.2. The van der Waals surface area contributed by atoms with Crippen molar-refractivity contribution >= 4 is 24.0 Å². The minimum absolute atomic E-state index is 0.0363. The molecule has 0 aromatic carbocycles. The summed E-state index contributed by atoms with van der Waals surface area (Å²) >= 11 is 0. The van der Waals surface area contributed by atoms with Gasteiger partial charge in [-0.15, -0.1) is 10.2 Å². The maximum atomic E-state index is 10.3. The molecule has 12 nitrogen and oxygen atoms in total. The van der Waals surface area contributed by atoms with E-state index in [0.717, 1.165) is 0 Å². The Kier molecular flexibility index (Phi) is 2.74. The van der Waals surface area contributed by atoms with Crippen molar-refractivity contribution < 1.29 is 9.85 Å². The molecule has 2 heterocycles. The molecule has 18 heavy (non-hydrogen) atoms. The van der Waals surface area contributed by atoms with E-state index in [1.165, 1.54) is 12.2 Å². The van der Waals surface area contributed by atoms with Crippen molar-refractivity contribution in [1.29, 1.82) is 0 Å². The van der Waals surface area contributed by atoms with Crippen LogP contribution in [0.3, 0.4) is 0 Å². The molecule has 0 atom stereocenters. The highest BCUT2D eigenvalue weighted by atomic mass is 16.6. The summed E-state index contributed by atoms with van der Waals surface area (Å²) in [5, 5.41) is 31.9. The molecule has 0 radical (unpaired) electrons. The van der Waals surface area contributed by atoms with Gasteiger partial charge in [-0.2, -0.15) is 0 Å². The first kappa shape index (κ1) is 11.3. The zero-order valence-electron chi connectivity index (χ0n) is 8.47. The molecule has 0 bridgehead atoms. The molecule has 0 unspecified atom stereocenters. The summed E-state index contributed by atoms with van der Waals surface area (Å²) in [5.74, 6) is -0.936. The number of nitro groups is 2. The standard InChI is InChI=1S/C6H4N8O4/c15-13(16)5-7-3(9-11-5)1-2-4-8-6(12-10-4)14(17)18/h1-2H,(H,7,9,11)(H,8,10,12)/b2-1-. The summed E-state index contributed by atoms with van der Waals surface area (Å²) in [6.45, 7) is 0. The lowest BCUT2D eigenvalue weighted by Crippen LogP contribution is -1.89. The summed E-state index contributed by atoms with van der Waals surface area (Å²) in [5.41, 5.74) is 0. The third-order valence-corrected chi connectivity index (χ3v) is 1.71. The van der Waals surface area contributed by atoms with Crippen molar-refractivity contribution in [3.63, 3.8) is 0 Å². The van der Waals surface area contributed by atoms with E-state index in [2.05, 4.69) is 30.4 Å². The summed E-state index contributed by atoms with van der Waals surface area (Å²) < 4.78 is 0. The van der Waals surface area contributed by atoms with Crippen LogP contribution in [0.15, 0.2) is 0 Å². The van der Waals surface area contributed by atoms with Crippen LogP contribution < -0.4 is 0 Å². The lowest BCUT2D eigenvalue weighted by Gasteiger charge is -1.83. The number of hydrogen-bond acceptors (Lipinski definition) is 8. The van der Waals surface area contributed by atoms with Gasteiger partial charge in [0.25, 0.3) is 11.6 Å². The van der Waals surface area contributed by atoms with Crippen molar-refractivity contribution in [3.8, 4) is 0 Å². The molecule has 0 amide bonds. The molecule has 0 spiro atoms. The van der Waals surface area contributed by atoms with Gasteiger partial charge in [-0.25, -0.2) is 0 Å².